The molecule has 0 saturated heterocycles. The number of hydrogen-bond donors (Lipinski definition) is 2. The van der Waals surface area contributed by atoms with Gasteiger partial charge in [-0.05, 0) is 18.2 Å². The maximum absolute atomic E-state index is 13.7. The first-order valence-corrected chi connectivity index (χ1v) is 11.8. The number of amides is 2. The molecule has 2 heterocycles. The Morgan fingerprint density at radius 3 is 2.17 bits per heavy atom. The third kappa shape index (κ3) is 3.30. The fourth-order valence-electron chi connectivity index (χ4n) is 4.37. The molecule has 0 fully saturated rings. The third-order valence-corrected chi connectivity index (χ3v) is 7.07. The van der Waals surface area contributed by atoms with Crippen molar-refractivity contribution in [2.45, 2.75) is 0 Å². The van der Waals surface area contributed by atoms with Gasteiger partial charge >= 0.3 is 6.03 Å². The molecule has 8 heteroatoms. The predicted octanol–water partition coefficient (Wildman–Crippen LogP) is 5.76. The molecule has 1 aromatic heterocycles. The molecular weight excluding hydrogens is 474 g/mol. The van der Waals surface area contributed by atoms with Gasteiger partial charge in [0, 0.05) is 27.2 Å². The number of nitriles is 1. The van der Waals surface area contributed by atoms with E-state index in [-0.39, 0.29) is 37.4 Å². The summed E-state index contributed by atoms with van der Waals surface area (Å²) in [5, 5.41) is 17.5. The molecule has 0 saturated carbocycles. The number of nitrogens with zero attached hydrogens (tertiary/aromatic N) is 1. The van der Waals surface area contributed by atoms with E-state index in [0.29, 0.717) is 26.7 Å². The minimum Gasteiger partial charge on any atom is -0.452 e. The lowest BCUT2D eigenvalue weighted by molar-refractivity contribution is 0.262. The van der Waals surface area contributed by atoms with Crippen LogP contribution in [0.3, 0.4) is 0 Å². The summed E-state index contributed by atoms with van der Waals surface area (Å²) in [6, 6.07) is 24.1. The van der Waals surface area contributed by atoms with Crippen molar-refractivity contribution in [2.24, 2.45) is 0 Å². The Balaban J connectivity index is 1.73. The van der Waals surface area contributed by atoms with Gasteiger partial charge in [-0.3, -0.25) is 14.9 Å². The van der Waals surface area contributed by atoms with Crippen molar-refractivity contribution in [3.8, 4) is 6.07 Å². The Morgan fingerprint density at radius 1 is 0.806 bits per heavy atom. The zero-order valence-corrected chi connectivity index (χ0v) is 19.3. The summed E-state index contributed by atoms with van der Waals surface area (Å²) in [7, 11) is 0. The monoisotopic (exact) mass is 489 g/mol. The summed E-state index contributed by atoms with van der Waals surface area (Å²) >= 11 is 1.06. The van der Waals surface area contributed by atoms with Gasteiger partial charge < -0.3 is 9.73 Å². The second-order valence-electron chi connectivity index (χ2n) is 8.07. The largest absolute Gasteiger partial charge is 0.452 e. The van der Waals surface area contributed by atoms with E-state index in [0.717, 1.165) is 11.3 Å². The third-order valence-electron chi connectivity index (χ3n) is 5.95. The fraction of sp³-hybridized carbons (Fsp3) is 0. The number of anilines is 2. The number of nitrogens with one attached hydrogen (secondary N) is 2. The Hall–Kier alpha value is -5.00. The second-order valence-corrected chi connectivity index (χ2v) is 9.09. The minimum atomic E-state index is -0.538. The van der Waals surface area contributed by atoms with Crippen LogP contribution >= 0.6 is 11.3 Å². The van der Waals surface area contributed by atoms with Crippen LogP contribution in [0.5, 0.6) is 0 Å². The number of benzene rings is 3. The lowest BCUT2D eigenvalue weighted by atomic mass is 10.1. The van der Waals surface area contributed by atoms with Gasteiger partial charge in [-0.25, -0.2) is 4.79 Å². The smallest absolute Gasteiger partial charge is 0.324 e. The van der Waals surface area contributed by atoms with Crippen LogP contribution in [-0.2, 0) is 0 Å². The maximum Gasteiger partial charge on any atom is 0.324 e. The van der Waals surface area contributed by atoms with Crippen LogP contribution in [0.25, 0.3) is 31.8 Å². The van der Waals surface area contributed by atoms with Crippen molar-refractivity contribution < 1.29 is 9.21 Å². The molecular formula is C28H15N3O4S. The Kier molecular flexibility index (Phi) is 4.99. The summed E-state index contributed by atoms with van der Waals surface area (Å²) in [6.07, 6.45) is 0. The average molecular weight is 490 g/mol. The van der Waals surface area contributed by atoms with Gasteiger partial charge in [-0.15, -0.1) is 11.3 Å². The zero-order valence-electron chi connectivity index (χ0n) is 18.5. The van der Waals surface area contributed by atoms with E-state index >= 15 is 0 Å². The Bertz CT molecular complexity index is 2080. The molecule has 0 unspecified atom stereocenters. The molecule has 0 radical (unpaired) electrons. The first kappa shape index (κ1) is 21.5. The summed E-state index contributed by atoms with van der Waals surface area (Å²) < 4.78 is 6.45. The van der Waals surface area contributed by atoms with E-state index < -0.39 is 11.5 Å². The van der Waals surface area contributed by atoms with Gasteiger partial charge in [0.15, 0.2) is 10.8 Å². The minimum absolute atomic E-state index is 0.0860. The highest BCUT2D eigenvalue weighted by molar-refractivity contribution is 7.23. The molecule has 2 aliphatic rings. The van der Waals surface area contributed by atoms with Gasteiger partial charge in [0.2, 0.25) is 5.43 Å². The summed E-state index contributed by atoms with van der Waals surface area (Å²) in [6.45, 7) is 0. The molecule has 0 spiro atoms. The molecule has 36 heavy (non-hydrogen) atoms. The van der Waals surface area contributed by atoms with Gasteiger partial charge in [0.05, 0.1) is 15.5 Å². The van der Waals surface area contributed by atoms with E-state index in [9.17, 15) is 19.6 Å². The number of para-hydroxylation sites is 2. The average Bonchev–Trinajstić information content (AvgIpc) is 3.17. The van der Waals surface area contributed by atoms with Crippen molar-refractivity contribution >= 4 is 59.9 Å². The molecule has 1 aliphatic heterocycles. The number of thiophene rings is 1. The molecule has 7 nitrogen and oxygen atoms in total. The van der Waals surface area contributed by atoms with Crippen LogP contribution in [0.2, 0.25) is 0 Å². The summed E-state index contributed by atoms with van der Waals surface area (Å²) in [5.74, 6) is 0. The quantitative estimate of drug-likeness (QED) is 0.321. The lowest BCUT2D eigenvalue weighted by Gasteiger charge is -2.06. The van der Waals surface area contributed by atoms with E-state index in [2.05, 4.69) is 16.7 Å². The number of carbonyl (C=O) groups excluding carboxylic acids is 1. The molecule has 2 amide bonds. The van der Waals surface area contributed by atoms with Crippen LogP contribution in [-0.4, -0.2) is 6.03 Å². The topological polar surface area (TPSA) is 112 Å². The zero-order chi connectivity index (χ0) is 24.8. The Morgan fingerprint density at radius 2 is 1.44 bits per heavy atom. The fourth-order valence-corrected chi connectivity index (χ4v) is 5.57. The molecule has 3 aromatic carbocycles. The number of carbonyl (C=O) groups is 1. The highest BCUT2D eigenvalue weighted by Gasteiger charge is 2.21. The number of urea groups is 1. The highest BCUT2D eigenvalue weighted by Crippen LogP contribution is 2.39. The van der Waals surface area contributed by atoms with Gasteiger partial charge in [-0.2, -0.15) is 5.26 Å². The first-order valence-electron chi connectivity index (χ1n) is 11.0. The summed E-state index contributed by atoms with van der Waals surface area (Å²) in [5.41, 5.74) is 0.239. The Labute approximate surface area is 206 Å². The van der Waals surface area contributed by atoms with Gasteiger partial charge in [0.25, 0.3) is 0 Å². The van der Waals surface area contributed by atoms with E-state index in [4.69, 9.17) is 4.42 Å². The SMILES string of the molecule is N#Cc1c(NC(=O)Nc2ccccc2)sc2c3c(=O)c4ccccc4c(=O)c=3oc3ccccc3c12. The van der Waals surface area contributed by atoms with Crippen molar-refractivity contribution in [1.82, 2.24) is 0 Å². The van der Waals surface area contributed by atoms with Crippen LogP contribution in [0, 0.1) is 22.0 Å². The molecule has 4 aromatic rings. The molecule has 6 rings (SSSR count). The van der Waals surface area contributed by atoms with Crippen molar-refractivity contribution in [3.05, 3.63) is 116 Å². The van der Waals surface area contributed by atoms with Crippen LogP contribution in [0.15, 0.2) is 92.9 Å². The number of fused-ring (bicyclic) bond motifs is 5. The molecule has 0 bridgehead atoms. The summed E-state index contributed by atoms with van der Waals surface area (Å²) in [4.78, 5) is 39.9. The lowest BCUT2D eigenvalue weighted by Crippen LogP contribution is -2.19. The number of hydrogen-bond acceptors (Lipinski definition) is 6. The standard InChI is InChI=1S/C28H15N3O4S/c29-14-19-21-18-12-6-7-13-20(18)35-25-22(23(32)16-10-4-5-11-17(16)24(25)33)26(21)36-27(19)31-28(34)30-15-8-2-1-3-9-15/h1-13H,(H2,30,31,34). The van der Waals surface area contributed by atoms with Crippen molar-refractivity contribution in [2.75, 3.05) is 10.6 Å². The highest BCUT2D eigenvalue weighted by atomic mass is 32.1. The maximum atomic E-state index is 13.7. The molecule has 1 aliphatic carbocycles. The van der Waals surface area contributed by atoms with Crippen molar-refractivity contribution in [1.29, 1.82) is 5.26 Å². The van der Waals surface area contributed by atoms with E-state index in [1.165, 1.54) is 0 Å². The van der Waals surface area contributed by atoms with Crippen LogP contribution in [0.4, 0.5) is 15.5 Å². The van der Waals surface area contributed by atoms with Gasteiger partial charge in [0.1, 0.15) is 16.7 Å². The predicted molar refractivity (Wildman–Crippen MR) is 141 cm³/mol. The van der Waals surface area contributed by atoms with Crippen LogP contribution in [0.1, 0.15) is 5.56 Å². The molecule has 2 N–H and O–H groups in total. The normalized spacial score (nSPS) is 11.1. The van der Waals surface area contributed by atoms with Crippen molar-refractivity contribution in [3.63, 3.8) is 0 Å². The molecule has 172 valence electrons. The first-order chi connectivity index (χ1) is 17.6. The second kappa shape index (κ2) is 8.34. The molecule has 0 atom stereocenters. The van der Waals surface area contributed by atoms with Gasteiger partial charge in [-0.1, -0.05) is 60.7 Å². The van der Waals surface area contributed by atoms with E-state index in [1.807, 2.05) is 6.07 Å². The van der Waals surface area contributed by atoms with E-state index in [1.54, 1.807) is 72.8 Å². The van der Waals surface area contributed by atoms with Crippen LogP contribution < -0.4 is 21.5 Å². The number of rotatable bonds is 2.